The zero-order valence-corrected chi connectivity index (χ0v) is 25.5. The molecule has 4 aromatic rings. The van der Waals surface area contributed by atoms with E-state index in [2.05, 4.69) is 10.5 Å². The first-order chi connectivity index (χ1) is 21.5. The molecule has 11 nitrogen and oxygen atoms in total. The van der Waals surface area contributed by atoms with E-state index in [4.69, 9.17) is 14.5 Å². The number of hydrogen-bond acceptors (Lipinski definition) is 9. The third kappa shape index (κ3) is 5.12. The molecule has 2 aliphatic heterocycles. The topological polar surface area (TPSA) is 152 Å². The van der Waals surface area contributed by atoms with Crippen molar-refractivity contribution < 1.29 is 29.3 Å². The normalized spacial score (nSPS) is 17.1. The number of aromatic nitrogens is 2. The summed E-state index contributed by atoms with van der Waals surface area (Å²) < 4.78 is 12.6. The van der Waals surface area contributed by atoms with Gasteiger partial charge in [0.05, 0.1) is 34.7 Å². The maximum absolute atomic E-state index is 13.6. The Morgan fingerprint density at radius 3 is 2.58 bits per heavy atom. The number of benzene rings is 2. The summed E-state index contributed by atoms with van der Waals surface area (Å²) in [4.78, 5) is 43.6. The number of fused-ring (bicyclic) bond motifs is 5. The van der Waals surface area contributed by atoms with Crippen LogP contribution in [0.5, 0.6) is 11.5 Å². The van der Waals surface area contributed by atoms with Gasteiger partial charge in [-0.1, -0.05) is 27.7 Å². The lowest BCUT2D eigenvalue weighted by Gasteiger charge is -2.31. The number of phenolic OH excluding ortho intramolecular Hbond substituents is 1. The summed E-state index contributed by atoms with van der Waals surface area (Å²) in [5, 5.41) is 25.9. The van der Waals surface area contributed by atoms with Crippen LogP contribution in [0.2, 0.25) is 0 Å². The van der Waals surface area contributed by atoms with Crippen molar-refractivity contribution in [2.75, 3.05) is 6.61 Å². The fraction of sp³-hybridized carbons (Fsp3) is 0.324. The lowest BCUT2D eigenvalue weighted by Crippen LogP contribution is -2.44. The maximum Gasteiger partial charge on any atom is 0.343 e. The summed E-state index contributed by atoms with van der Waals surface area (Å²) in [5.74, 6) is -0.531. The van der Waals surface area contributed by atoms with E-state index in [1.165, 1.54) is 0 Å². The van der Waals surface area contributed by atoms with Crippen LogP contribution in [0.15, 0.2) is 58.4 Å². The van der Waals surface area contributed by atoms with Crippen LogP contribution in [-0.2, 0) is 39.5 Å². The number of aryl methyl sites for hydroxylation is 1. The van der Waals surface area contributed by atoms with Gasteiger partial charge in [-0.05, 0) is 78.4 Å². The number of phenols is 1. The molecule has 0 saturated carbocycles. The lowest BCUT2D eigenvalue weighted by atomic mass is 9.86. The smallest absolute Gasteiger partial charge is 0.343 e. The highest BCUT2D eigenvalue weighted by Crippen LogP contribution is 2.40. The molecule has 1 atom stereocenters. The van der Waals surface area contributed by atoms with Crippen molar-refractivity contribution in [3.8, 4) is 22.9 Å². The van der Waals surface area contributed by atoms with Crippen molar-refractivity contribution in [2.45, 2.75) is 59.3 Å². The van der Waals surface area contributed by atoms with Crippen molar-refractivity contribution in [1.29, 1.82) is 0 Å². The van der Waals surface area contributed by atoms with Crippen LogP contribution < -0.4 is 15.7 Å². The van der Waals surface area contributed by atoms with Gasteiger partial charge in [-0.15, -0.1) is 0 Å². The molecule has 0 bridgehead atoms. The minimum Gasteiger partial charge on any atom is -0.508 e. The number of carbonyl (C=O) groups is 2. The van der Waals surface area contributed by atoms with E-state index in [9.17, 15) is 24.6 Å². The van der Waals surface area contributed by atoms with Crippen LogP contribution in [0.3, 0.4) is 0 Å². The minimum absolute atomic E-state index is 0.0269. The van der Waals surface area contributed by atoms with Gasteiger partial charge in [0.15, 0.2) is 12.2 Å². The van der Waals surface area contributed by atoms with E-state index >= 15 is 0 Å². The van der Waals surface area contributed by atoms with E-state index in [-0.39, 0.29) is 48.0 Å². The average Bonchev–Trinajstić information content (AvgIpc) is 3.40. The predicted octanol–water partition coefficient (Wildman–Crippen LogP) is 3.90. The number of ether oxygens (including phenoxy) is 2. The van der Waals surface area contributed by atoms with Crippen LogP contribution in [0.4, 0.5) is 0 Å². The second-order valence-electron chi connectivity index (χ2n) is 11.6. The molecule has 0 spiro atoms. The number of aromatic hydroxyl groups is 1. The van der Waals surface area contributed by atoms with Crippen LogP contribution in [0.25, 0.3) is 22.3 Å². The SMILES string of the molecule is CCc1c2c(nc3ccc(OCC(=O)N/N=C(/c4ccc(O)cc4)C(C)C)cc13)-c1cc3c(c(=O)n1C2)COC(=O)[C@]3(O)CC. The summed E-state index contributed by atoms with van der Waals surface area (Å²) in [6, 6.07) is 13.7. The highest BCUT2D eigenvalue weighted by Gasteiger charge is 2.45. The average molecular weight is 611 g/mol. The molecular formula is C34H34N4O7. The second-order valence-corrected chi connectivity index (χ2v) is 11.6. The number of nitrogens with zero attached hydrogens (tertiary/aromatic N) is 3. The number of hydrogen-bond donors (Lipinski definition) is 3. The number of pyridine rings is 2. The Kier molecular flexibility index (Phi) is 7.65. The Labute approximate surface area is 259 Å². The number of cyclic esters (lactones) is 1. The van der Waals surface area contributed by atoms with Gasteiger partial charge in [0.2, 0.25) is 0 Å². The fourth-order valence-corrected chi connectivity index (χ4v) is 6.10. The van der Waals surface area contributed by atoms with Crippen molar-refractivity contribution >= 4 is 28.5 Å². The standard InChI is InChI=1S/C34H34N4O7/c1-5-22-23-13-21(44-17-29(40)36-37-30(18(3)4)19-7-9-20(39)10-8-19)11-12-27(23)35-31-24(22)15-38-28(31)14-26-25(32(38)41)16-45-33(42)34(26,43)6-2/h7-14,18,39,43H,5-6,15-17H2,1-4H3,(H,36,40)/b37-30+/t34-/m0/s1. The second kappa shape index (κ2) is 11.5. The van der Waals surface area contributed by atoms with E-state index in [1.54, 1.807) is 54.0 Å². The molecule has 0 fully saturated rings. The first-order valence-electron chi connectivity index (χ1n) is 15.0. The van der Waals surface area contributed by atoms with E-state index in [0.29, 0.717) is 41.3 Å². The first kappa shape index (κ1) is 30.0. The maximum atomic E-state index is 13.6. The Morgan fingerprint density at radius 1 is 1.13 bits per heavy atom. The molecule has 0 unspecified atom stereocenters. The van der Waals surface area contributed by atoms with Gasteiger partial charge in [0, 0.05) is 16.5 Å². The van der Waals surface area contributed by atoms with Crippen molar-refractivity contribution in [3.63, 3.8) is 0 Å². The molecule has 11 heteroatoms. The van der Waals surface area contributed by atoms with Crippen LogP contribution in [-0.4, -0.2) is 44.0 Å². The summed E-state index contributed by atoms with van der Waals surface area (Å²) in [7, 11) is 0. The van der Waals surface area contributed by atoms with E-state index < -0.39 is 17.5 Å². The largest absolute Gasteiger partial charge is 0.508 e. The zero-order valence-electron chi connectivity index (χ0n) is 25.5. The van der Waals surface area contributed by atoms with Gasteiger partial charge in [0.1, 0.15) is 18.1 Å². The van der Waals surface area contributed by atoms with Gasteiger partial charge in [-0.2, -0.15) is 5.10 Å². The van der Waals surface area contributed by atoms with Gasteiger partial charge < -0.3 is 24.3 Å². The van der Waals surface area contributed by atoms with Crippen molar-refractivity contribution in [1.82, 2.24) is 15.0 Å². The molecule has 232 valence electrons. The summed E-state index contributed by atoms with van der Waals surface area (Å²) in [6.07, 6.45) is 0.725. The first-order valence-corrected chi connectivity index (χ1v) is 15.0. The van der Waals surface area contributed by atoms with Gasteiger partial charge in [-0.25, -0.2) is 15.2 Å². The van der Waals surface area contributed by atoms with E-state index in [1.807, 2.05) is 26.8 Å². The van der Waals surface area contributed by atoms with Gasteiger partial charge >= 0.3 is 5.97 Å². The molecular weight excluding hydrogens is 576 g/mol. The summed E-state index contributed by atoms with van der Waals surface area (Å²) in [5.41, 5.74) is 6.13. The number of hydrazone groups is 1. The van der Waals surface area contributed by atoms with Crippen molar-refractivity contribution in [2.24, 2.45) is 11.0 Å². The van der Waals surface area contributed by atoms with Crippen LogP contribution in [0, 0.1) is 5.92 Å². The monoisotopic (exact) mass is 610 g/mol. The predicted molar refractivity (Wildman–Crippen MR) is 167 cm³/mol. The Morgan fingerprint density at radius 2 is 1.89 bits per heavy atom. The number of aliphatic hydroxyl groups is 1. The van der Waals surface area contributed by atoms with Gasteiger partial charge in [0.25, 0.3) is 11.5 Å². The molecule has 2 aromatic heterocycles. The Balaban J connectivity index is 1.27. The third-order valence-corrected chi connectivity index (χ3v) is 8.51. The quantitative estimate of drug-likeness (QED) is 0.136. The number of nitrogens with one attached hydrogen (secondary N) is 1. The lowest BCUT2D eigenvalue weighted by molar-refractivity contribution is -0.172. The number of amides is 1. The zero-order chi connectivity index (χ0) is 32.0. The third-order valence-electron chi connectivity index (χ3n) is 8.51. The number of esters is 1. The minimum atomic E-state index is -1.89. The van der Waals surface area contributed by atoms with E-state index in [0.717, 1.165) is 22.1 Å². The molecule has 2 aliphatic rings. The van der Waals surface area contributed by atoms with Crippen LogP contribution in [0.1, 0.15) is 61.9 Å². The van der Waals surface area contributed by atoms with Crippen LogP contribution >= 0.6 is 0 Å². The fourth-order valence-electron chi connectivity index (χ4n) is 6.10. The highest BCUT2D eigenvalue weighted by molar-refractivity contribution is 6.02. The Hall–Kier alpha value is -5.03. The molecule has 0 radical (unpaired) electrons. The molecule has 4 heterocycles. The Bertz CT molecular complexity index is 1950. The number of carbonyl (C=O) groups excluding carboxylic acids is 2. The highest BCUT2D eigenvalue weighted by atomic mass is 16.6. The summed E-state index contributed by atoms with van der Waals surface area (Å²) in [6.45, 7) is 7.47. The molecule has 45 heavy (non-hydrogen) atoms. The van der Waals surface area contributed by atoms with Gasteiger partial charge in [-0.3, -0.25) is 9.59 Å². The van der Waals surface area contributed by atoms with Crippen molar-refractivity contribution in [3.05, 3.63) is 86.7 Å². The molecule has 0 saturated heterocycles. The molecule has 0 aliphatic carbocycles. The molecule has 6 rings (SSSR count). The molecule has 3 N–H and O–H groups in total. The summed E-state index contributed by atoms with van der Waals surface area (Å²) >= 11 is 0. The molecule has 2 aromatic carbocycles. The number of rotatable bonds is 8. The molecule has 1 amide bonds.